The van der Waals surface area contributed by atoms with Gasteiger partial charge in [-0.15, -0.1) is 0 Å². The van der Waals surface area contributed by atoms with Gasteiger partial charge in [-0.2, -0.15) is 13.2 Å². The summed E-state index contributed by atoms with van der Waals surface area (Å²) in [5.74, 6) is 0.596. The van der Waals surface area contributed by atoms with Crippen molar-refractivity contribution in [3.8, 4) is 0 Å². The van der Waals surface area contributed by atoms with E-state index in [0.717, 1.165) is 29.7 Å². The van der Waals surface area contributed by atoms with E-state index in [1.807, 2.05) is 12.1 Å². The third-order valence-corrected chi connectivity index (χ3v) is 3.39. The first-order valence-electron chi connectivity index (χ1n) is 7.48. The molecule has 0 aliphatic rings. The first-order chi connectivity index (χ1) is 11.5. The highest BCUT2D eigenvalue weighted by atomic mass is 19.4. The fourth-order valence-corrected chi connectivity index (χ4v) is 2.09. The summed E-state index contributed by atoms with van der Waals surface area (Å²) in [6.07, 6.45) is 0.0201. The minimum absolute atomic E-state index is 0.394. The van der Waals surface area contributed by atoms with E-state index in [-0.39, 0.29) is 0 Å². The van der Waals surface area contributed by atoms with Gasteiger partial charge >= 0.3 is 6.18 Å². The van der Waals surface area contributed by atoms with E-state index in [0.29, 0.717) is 19.0 Å². The molecule has 24 heavy (non-hydrogen) atoms. The number of pyridine rings is 1. The van der Waals surface area contributed by atoms with Crippen LogP contribution in [0.4, 0.5) is 13.2 Å². The number of nitrogens with one attached hydrogen (secondary N) is 2. The number of hydrogen-bond donors (Lipinski definition) is 2. The average Bonchev–Trinajstić information content (AvgIpc) is 2.58. The molecule has 0 aliphatic carbocycles. The van der Waals surface area contributed by atoms with Crippen molar-refractivity contribution in [3.63, 3.8) is 0 Å². The van der Waals surface area contributed by atoms with Crippen LogP contribution >= 0.6 is 0 Å². The Labute approximate surface area is 138 Å². The van der Waals surface area contributed by atoms with Gasteiger partial charge in [0.15, 0.2) is 5.96 Å². The highest BCUT2D eigenvalue weighted by Gasteiger charge is 2.29. The Hall–Kier alpha value is -2.57. The number of hydrogen-bond acceptors (Lipinski definition) is 2. The zero-order chi connectivity index (χ0) is 17.4. The van der Waals surface area contributed by atoms with Crippen molar-refractivity contribution in [3.05, 3.63) is 65.5 Å². The zero-order valence-corrected chi connectivity index (χ0v) is 13.3. The first kappa shape index (κ1) is 17.8. The third kappa shape index (κ3) is 5.57. The number of benzene rings is 1. The Bertz CT molecular complexity index is 652. The van der Waals surface area contributed by atoms with Gasteiger partial charge in [-0.3, -0.25) is 9.98 Å². The maximum atomic E-state index is 12.5. The highest BCUT2D eigenvalue weighted by molar-refractivity contribution is 5.79. The second kappa shape index (κ2) is 8.33. The summed E-state index contributed by atoms with van der Waals surface area (Å²) >= 11 is 0. The third-order valence-electron chi connectivity index (χ3n) is 3.39. The lowest BCUT2D eigenvalue weighted by Crippen LogP contribution is -2.37. The van der Waals surface area contributed by atoms with E-state index < -0.39 is 11.7 Å². The second-order valence-corrected chi connectivity index (χ2v) is 5.16. The van der Waals surface area contributed by atoms with Crippen LogP contribution in [0.2, 0.25) is 0 Å². The molecule has 1 aromatic carbocycles. The number of alkyl halides is 3. The Morgan fingerprint density at radius 1 is 1.08 bits per heavy atom. The van der Waals surface area contributed by atoms with Gasteiger partial charge in [-0.05, 0) is 35.7 Å². The second-order valence-electron chi connectivity index (χ2n) is 5.16. The predicted octanol–water partition coefficient (Wildman–Crippen LogP) is 3.01. The summed E-state index contributed by atoms with van der Waals surface area (Å²) < 4.78 is 37.6. The lowest BCUT2D eigenvalue weighted by atomic mass is 10.1. The van der Waals surface area contributed by atoms with Gasteiger partial charge in [0, 0.05) is 32.5 Å². The smallest absolute Gasteiger partial charge is 0.356 e. The Balaban J connectivity index is 1.79. The van der Waals surface area contributed by atoms with Gasteiger partial charge in [0.2, 0.25) is 0 Å². The van der Waals surface area contributed by atoms with E-state index in [1.54, 1.807) is 19.4 Å². The van der Waals surface area contributed by atoms with Crippen LogP contribution in [0.5, 0.6) is 0 Å². The van der Waals surface area contributed by atoms with E-state index >= 15 is 0 Å². The van der Waals surface area contributed by atoms with Crippen LogP contribution in [0.25, 0.3) is 0 Å². The van der Waals surface area contributed by atoms with E-state index in [4.69, 9.17) is 0 Å². The number of guanidine groups is 1. The van der Waals surface area contributed by atoms with Crippen molar-refractivity contribution in [2.24, 2.45) is 4.99 Å². The normalized spacial score (nSPS) is 12.1. The molecule has 0 spiro atoms. The zero-order valence-electron chi connectivity index (χ0n) is 13.3. The van der Waals surface area contributed by atoms with Crippen LogP contribution in [0, 0.1) is 0 Å². The van der Waals surface area contributed by atoms with Crippen LogP contribution in [0.3, 0.4) is 0 Å². The number of aromatic nitrogens is 1. The summed E-state index contributed by atoms with van der Waals surface area (Å²) in [4.78, 5) is 8.14. The van der Waals surface area contributed by atoms with Crippen LogP contribution < -0.4 is 10.6 Å². The minimum Gasteiger partial charge on any atom is -0.356 e. The molecule has 0 radical (unpaired) electrons. The molecule has 2 aromatic rings. The molecule has 1 aromatic heterocycles. The molecule has 2 rings (SSSR count). The maximum absolute atomic E-state index is 12.5. The van der Waals surface area contributed by atoms with Gasteiger partial charge in [0.1, 0.15) is 0 Å². The van der Waals surface area contributed by atoms with E-state index in [1.165, 1.54) is 12.1 Å². The molecule has 0 bridgehead atoms. The molecule has 2 N–H and O–H groups in total. The molecule has 0 unspecified atom stereocenters. The molecule has 1 heterocycles. The van der Waals surface area contributed by atoms with Crippen LogP contribution in [0.1, 0.15) is 16.7 Å². The summed E-state index contributed by atoms with van der Waals surface area (Å²) in [6.45, 7) is 1.07. The van der Waals surface area contributed by atoms with Crippen molar-refractivity contribution in [1.82, 2.24) is 15.6 Å². The molecule has 0 saturated heterocycles. The van der Waals surface area contributed by atoms with Gasteiger partial charge < -0.3 is 10.6 Å². The lowest BCUT2D eigenvalue weighted by molar-refractivity contribution is -0.137. The van der Waals surface area contributed by atoms with E-state index in [2.05, 4.69) is 20.6 Å². The molecule has 128 valence electrons. The number of aliphatic imine (C=N–C) groups is 1. The molecule has 4 nitrogen and oxygen atoms in total. The van der Waals surface area contributed by atoms with E-state index in [9.17, 15) is 13.2 Å². The fraction of sp³-hybridized carbons (Fsp3) is 0.294. The van der Waals surface area contributed by atoms with Crippen molar-refractivity contribution < 1.29 is 13.2 Å². The van der Waals surface area contributed by atoms with Crippen LogP contribution in [-0.2, 0) is 19.1 Å². The van der Waals surface area contributed by atoms with Crippen molar-refractivity contribution >= 4 is 5.96 Å². The molecule has 0 atom stereocenters. The van der Waals surface area contributed by atoms with Crippen molar-refractivity contribution in [2.45, 2.75) is 19.1 Å². The molecule has 7 heteroatoms. The predicted molar refractivity (Wildman–Crippen MR) is 87.6 cm³/mol. The van der Waals surface area contributed by atoms with Gasteiger partial charge in [-0.1, -0.05) is 18.2 Å². The van der Waals surface area contributed by atoms with Gasteiger partial charge in [0.25, 0.3) is 0 Å². The summed E-state index contributed by atoms with van der Waals surface area (Å²) in [6, 6.07) is 8.95. The molecular weight excluding hydrogens is 317 g/mol. The Morgan fingerprint density at radius 2 is 1.83 bits per heavy atom. The summed E-state index contributed by atoms with van der Waals surface area (Å²) in [5.41, 5.74) is 1.21. The van der Waals surface area contributed by atoms with Crippen LogP contribution in [-0.4, -0.2) is 24.5 Å². The number of nitrogens with zero attached hydrogens (tertiary/aromatic N) is 2. The molecular formula is C17H19F3N4. The monoisotopic (exact) mass is 336 g/mol. The topological polar surface area (TPSA) is 49.3 Å². The van der Waals surface area contributed by atoms with Crippen LogP contribution in [0.15, 0.2) is 53.8 Å². The first-order valence-corrected chi connectivity index (χ1v) is 7.48. The Morgan fingerprint density at radius 3 is 2.42 bits per heavy atom. The highest BCUT2D eigenvalue weighted by Crippen LogP contribution is 2.28. The number of halogens is 3. The average molecular weight is 336 g/mol. The van der Waals surface area contributed by atoms with Gasteiger partial charge in [0.05, 0.1) is 5.56 Å². The molecule has 0 aliphatic heterocycles. The SMILES string of the molecule is CN=C(NCCc1cccnc1)NCc1ccc(C(F)(F)F)cc1. The lowest BCUT2D eigenvalue weighted by Gasteiger charge is -2.12. The summed E-state index contributed by atoms with van der Waals surface area (Å²) in [5, 5.41) is 6.23. The minimum atomic E-state index is -4.31. The standard InChI is InChI=1S/C17H19F3N4/c1-21-16(23-10-8-13-3-2-9-22-11-13)24-12-14-4-6-15(7-5-14)17(18,19)20/h2-7,9,11H,8,10,12H2,1H3,(H2,21,23,24). The molecule has 0 saturated carbocycles. The van der Waals surface area contributed by atoms with Crippen molar-refractivity contribution in [2.75, 3.05) is 13.6 Å². The molecule has 0 amide bonds. The summed E-state index contributed by atoms with van der Waals surface area (Å²) in [7, 11) is 1.64. The fourth-order valence-electron chi connectivity index (χ4n) is 2.09. The maximum Gasteiger partial charge on any atom is 0.416 e. The van der Waals surface area contributed by atoms with Crippen molar-refractivity contribution in [1.29, 1.82) is 0 Å². The van der Waals surface area contributed by atoms with Gasteiger partial charge in [-0.25, -0.2) is 0 Å². The largest absolute Gasteiger partial charge is 0.416 e. The quantitative estimate of drug-likeness (QED) is 0.652. The molecule has 0 fully saturated rings. The number of rotatable bonds is 5. The Kier molecular flexibility index (Phi) is 6.17.